The molecule has 5 nitrogen and oxygen atoms in total. The number of aryl methyl sites for hydroxylation is 1. The van der Waals surface area contributed by atoms with Crippen molar-refractivity contribution in [2.75, 3.05) is 13.1 Å². The molecule has 172 valence electrons. The van der Waals surface area contributed by atoms with Crippen LogP contribution in [0.4, 0.5) is 0 Å². The Morgan fingerprint density at radius 1 is 1.03 bits per heavy atom. The summed E-state index contributed by atoms with van der Waals surface area (Å²) in [6.45, 7) is 5.31. The number of aliphatic hydroxyl groups is 1. The number of amides is 1. The lowest BCUT2D eigenvalue weighted by Crippen LogP contribution is -2.49. The van der Waals surface area contributed by atoms with Gasteiger partial charge in [-0.1, -0.05) is 67.6 Å². The Labute approximate surface area is 195 Å². The summed E-state index contributed by atoms with van der Waals surface area (Å²) in [5.74, 6) is 0.276. The molecule has 1 atom stereocenters. The van der Waals surface area contributed by atoms with Gasteiger partial charge >= 0.3 is 0 Å². The van der Waals surface area contributed by atoms with Gasteiger partial charge in [0.2, 0.25) is 5.91 Å². The lowest BCUT2D eigenvalue weighted by atomic mass is 9.90. The number of hydrogen-bond acceptors (Lipinski definition) is 3. The first-order chi connectivity index (χ1) is 15.8. The maximum absolute atomic E-state index is 12.8. The topological polar surface area (TPSA) is 62.5 Å². The Bertz CT molecular complexity index is 1150. The Balaban J connectivity index is 1.38. The predicted molar refractivity (Wildman–Crippen MR) is 131 cm³/mol. The number of carbonyl (C=O) groups excluding carboxylic acids is 1. The molecule has 1 saturated heterocycles. The monoisotopic (exact) mass is 444 g/mol. The Morgan fingerprint density at radius 2 is 1.64 bits per heavy atom. The molecule has 0 spiro atoms. The van der Waals surface area contributed by atoms with Crippen molar-refractivity contribution in [3.8, 4) is 11.1 Å². The average molecular weight is 445 g/mol. The molecule has 0 saturated carbocycles. The molecule has 1 amide bonds. The summed E-state index contributed by atoms with van der Waals surface area (Å²) < 4.78 is 1.61. The first-order valence-corrected chi connectivity index (χ1v) is 11.7. The maximum atomic E-state index is 12.8. The van der Waals surface area contributed by atoms with Crippen LogP contribution < -0.4 is 5.56 Å². The molecular formula is C28H32N2O3. The Hall–Kier alpha value is -3.18. The van der Waals surface area contributed by atoms with E-state index >= 15 is 0 Å². The molecule has 2 aromatic carbocycles. The summed E-state index contributed by atoms with van der Waals surface area (Å²) in [5, 5.41) is 11.2. The zero-order chi connectivity index (χ0) is 23.4. The number of pyridine rings is 1. The van der Waals surface area contributed by atoms with Crippen molar-refractivity contribution in [2.45, 2.75) is 51.2 Å². The highest BCUT2D eigenvalue weighted by molar-refractivity contribution is 5.77. The summed E-state index contributed by atoms with van der Waals surface area (Å²) in [6.07, 6.45) is 3.22. The third kappa shape index (κ3) is 5.42. The first-order valence-electron chi connectivity index (χ1n) is 11.7. The van der Waals surface area contributed by atoms with Crippen molar-refractivity contribution < 1.29 is 9.90 Å². The normalized spacial score (nSPS) is 16.4. The molecule has 1 aromatic heterocycles. The molecule has 0 radical (unpaired) electrons. The van der Waals surface area contributed by atoms with E-state index in [-0.39, 0.29) is 23.9 Å². The van der Waals surface area contributed by atoms with Gasteiger partial charge in [-0.3, -0.25) is 9.59 Å². The van der Waals surface area contributed by atoms with Gasteiger partial charge in [0.1, 0.15) is 0 Å². The van der Waals surface area contributed by atoms with Crippen molar-refractivity contribution in [1.82, 2.24) is 9.47 Å². The largest absolute Gasteiger partial charge is 0.388 e. The van der Waals surface area contributed by atoms with Gasteiger partial charge in [-0.25, -0.2) is 0 Å². The van der Waals surface area contributed by atoms with E-state index in [1.165, 1.54) is 0 Å². The van der Waals surface area contributed by atoms with Gasteiger partial charge in [-0.15, -0.1) is 0 Å². The zero-order valence-corrected chi connectivity index (χ0v) is 19.4. The van der Waals surface area contributed by atoms with E-state index in [0.29, 0.717) is 32.4 Å². The molecule has 1 N–H and O–H groups in total. The number of piperidine rings is 1. The number of hydrogen-bond donors (Lipinski definition) is 1. The molecule has 1 aliphatic rings. The summed E-state index contributed by atoms with van der Waals surface area (Å²) in [4.78, 5) is 27.5. The van der Waals surface area contributed by atoms with Crippen LogP contribution in [-0.2, 0) is 11.3 Å². The second kappa shape index (κ2) is 9.75. The van der Waals surface area contributed by atoms with E-state index in [9.17, 15) is 14.7 Å². The number of carbonyl (C=O) groups is 1. The highest BCUT2D eigenvalue weighted by Gasteiger charge is 2.34. The second-order valence-electron chi connectivity index (χ2n) is 9.32. The van der Waals surface area contributed by atoms with Crippen LogP contribution in [-0.4, -0.2) is 39.2 Å². The molecule has 1 fully saturated rings. The number of rotatable bonds is 6. The van der Waals surface area contributed by atoms with Crippen LogP contribution in [0.5, 0.6) is 0 Å². The summed E-state index contributed by atoms with van der Waals surface area (Å²) in [5.41, 5.74) is 2.96. The Morgan fingerprint density at radius 3 is 2.27 bits per heavy atom. The number of benzene rings is 2. The van der Waals surface area contributed by atoms with E-state index in [2.05, 4.69) is 19.1 Å². The minimum absolute atomic E-state index is 0.119. The fourth-order valence-electron chi connectivity index (χ4n) is 4.68. The fraction of sp³-hybridized carbons (Fsp3) is 0.357. The summed E-state index contributed by atoms with van der Waals surface area (Å²) in [7, 11) is 0. The molecular weight excluding hydrogens is 412 g/mol. The first kappa shape index (κ1) is 23.0. The standard InChI is InChI=1S/C28H32N2O3/c1-21(23-9-5-3-6-10-23)17-26(31)29-15-13-28(33,14-16-29)20-30-19-22(2)25(18-27(30)32)24-11-7-4-8-12-24/h3-12,18-19,21,33H,13-17,20H2,1-2H3. The second-order valence-corrected chi connectivity index (χ2v) is 9.32. The minimum atomic E-state index is -0.994. The average Bonchev–Trinajstić information content (AvgIpc) is 2.82. The third-order valence-electron chi connectivity index (χ3n) is 6.77. The van der Waals surface area contributed by atoms with Gasteiger partial charge in [-0.2, -0.15) is 0 Å². The van der Waals surface area contributed by atoms with Crippen LogP contribution >= 0.6 is 0 Å². The van der Waals surface area contributed by atoms with E-state index in [1.54, 1.807) is 10.6 Å². The van der Waals surface area contributed by atoms with E-state index in [1.807, 2.05) is 66.6 Å². The zero-order valence-electron chi connectivity index (χ0n) is 19.4. The molecule has 1 unspecified atom stereocenters. The lowest BCUT2D eigenvalue weighted by molar-refractivity contribution is -0.136. The molecule has 5 heteroatoms. The van der Waals surface area contributed by atoms with Crippen LogP contribution in [0, 0.1) is 6.92 Å². The van der Waals surface area contributed by atoms with E-state index in [4.69, 9.17) is 0 Å². The maximum Gasteiger partial charge on any atom is 0.251 e. The van der Waals surface area contributed by atoms with Crippen LogP contribution in [0.2, 0.25) is 0 Å². The minimum Gasteiger partial charge on any atom is -0.388 e. The van der Waals surface area contributed by atoms with Crippen molar-refractivity contribution in [2.24, 2.45) is 0 Å². The number of aromatic nitrogens is 1. The molecule has 0 aliphatic carbocycles. The highest BCUT2D eigenvalue weighted by Crippen LogP contribution is 2.27. The van der Waals surface area contributed by atoms with E-state index < -0.39 is 5.60 Å². The third-order valence-corrected chi connectivity index (χ3v) is 6.77. The smallest absolute Gasteiger partial charge is 0.251 e. The SMILES string of the molecule is Cc1cn(CC2(O)CCN(C(=O)CC(C)c3ccccc3)CC2)c(=O)cc1-c1ccccc1. The van der Waals surface area contributed by atoms with Crippen LogP contribution in [0.15, 0.2) is 77.7 Å². The molecule has 33 heavy (non-hydrogen) atoms. The van der Waals surface area contributed by atoms with Gasteiger partial charge in [-0.05, 0) is 47.9 Å². The van der Waals surface area contributed by atoms with Crippen LogP contribution in [0.25, 0.3) is 11.1 Å². The van der Waals surface area contributed by atoms with Gasteiger partial charge in [0.25, 0.3) is 5.56 Å². The molecule has 2 heterocycles. The fourth-order valence-corrected chi connectivity index (χ4v) is 4.68. The Kier molecular flexibility index (Phi) is 6.80. The van der Waals surface area contributed by atoms with Crippen LogP contribution in [0.3, 0.4) is 0 Å². The van der Waals surface area contributed by atoms with E-state index in [0.717, 1.165) is 22.3 Å². The number of likely N-dealkylation sites (tertiary alicyclic amines) is 1. The van der Waals surface area contributed by atoms with Gasteiger partial charge < -0.3 is 14.6 Å². The predicted octanol–water partition coefficient (Wildman–Crippen LogP) is 4.37. The van der Waals surface area contributed by atoms with Crippen molar-refractivity contribution in [3.63, 3.8) is 0 Å². The summed E-state index contributed by atoms with van der Waals surface area (Å²) >= 11 is 0. The highest BCUT2D eigenvalue weighted by atomic mass is 16.3. The van der Waals surface area contributed by atoms with Crippen molar-refractivity contribution in [3.05, 3.63) is 94.4 Å². The van der Waals surface area contributed by atoms with Gasteiger partial charge in [0, 0.05) is 31.8 Å². The lowest BCUT2D eigenvalue weighted by Gasteiger charge is -2.39. The molecule has 4 rings (SSSR count). The molecule has 3 aromatic rings. The van der Waals surface area contributed by atoms with Crippen LogP contribution in [0.1, 0.15) is 43.2 Å². The van der Waals surface area contributed by atoms with Crippen molar-refractivity contribution in [1.29, 1.82) is 0 Å². The quantitative estimate of drug-likeness (QED) is 0.614. The van der Waals surface area contributed by atoms with Crippen molar-refractivity contribution >= 4 is 5.91 Å². The number of nitrogens with zero attached hydrogens (tertiary/aromatic N) is 2. The molecule has 0 bridgehead atoms. The van der Waals surface area contributed by atoms with Gasteiger partial charge in [0.05, 0.1) is 12.1 Å². The summed E-state index contributed by atoms with van der Waals surface area (Å²) in [6, 6.07) is 21.6. The molecule has 1 aliphatic heterocycles. The van der Waals surface area contributed by atoms with Gasteiger partial charge in [0.15, 0.2) is 0 Å².